The van der Waals surface area contributed by atoms with Gasteiger partial charge in [0.1, 0.15) is 0 Å². The van der Waals surface area contributed by atoms with Gasteiger partial charge in [-0.25, -0.2) is 0 Å². The number of phenolic OH excluding ortho intramolecular Hbond substituents is 1. The van der Waals surface area contributed by atoms with Crippen molar-refractivity contribution < 1.29 is 19.4 Å². The number of ether oxygens (including phenoxy) is 1. The molecule has 0 radical (unpaired) electrons. The van der Waals surface area contributed by atoms with Crippen LogP contribution in [0.2, 0.25) is 0 Å². The summed E-state index contributed by atoms with van der Waals surface area (Å²) >= 11 is 0. The Morgan fingerprint density at radius 1 is 1.27 bits per heavy atom. The van der Waals surface area contributed by atoms with Crippen molar-refractivity contribution in [1.29, 1.82) is 0 Å². The number of benzene rings is 1. The molecule has 1 saturated heterocycles. The van der Waals surface area contributed by atoms with Gasteiger partial charge < -0.3 is 15.2 Å². The third kappa shape index (κ3) is 1.63. The van der Waals surface area contributed by atoms with Crippen molar-refractivity contribution in [3.8, 4) is 11.5 Å². The van der Waals surface area contributed by atoms with Gasteiger partial charge in [-0.15, -0.1) is 0 Å². The molecule has 2 bridgehead atoms. The van der Waals surface area contributed by atoms with Crippen molar-refractivity contribution in [2.24, 2.45) is 5.92 Å². The molecule has 0 spiro atoms. The standard InChI is InChI=1S/C17H19NO4/c1-22-14-3-2-9-6-11-10-7-12(19)13(20)8-17(10,4-5-18-11)15(9)16(14)21/h2-3,10-11,18,21H,4-8H2,1H3/t10?,11?,17-/m0/s1. The lowest BCUT2D eigenvalue weighted by Gasteiger charge is -2.54. The first-order valence-electron chi connectivity index (χ1n) is 7.75. The minimum atomic E-state index is -0.423. The summed E-state index contributed by atoms with van der Waals surface area (Å²) in [6.07, 6.45) is 2.04. The van der Waals surface area contributed by atoms with E-state index in [-0.39, 0.29) is 42.1 Å². The number of ketones is 2. The van der Waals surface area contributed by atoms with Gasteiger partial charge in [-0.05, 0) is 36.9 Å². The maximum atomic E-state index is 12.1. The predicted octanol–water partition coefficient (Wildman–Crippen LogP) is 1.10. The SMILES string of the molecule is COc1ccc2c(c1O)[C@]13CCNC(C2)C1CC(=O)C(=O)C3. The molecule has 1 heterocycles. The Labute approximate surface area is 128 Å². The summed E-state index contributed by atoms with van der Waals surface area (Å²) < 4.78 is 5.26. The minimum Gasteiger partial charge on any atom is -0.504 e. The number of carbonyl (C=O) groups is 2. The molecule has 1 aromatic rings. The fourth-order valence-electron chi connectivity index (χ4n) is 4.80. The molecule has 5 heteroatoms. The fraction of sp³-hybridized carbons (Fsp3) is 0.529. The average Bonchev–Trinajstić information content (AvgIpc) is 2.48. The van der Waals surface area contributed by atoms with E-state index in [1.165, 1.54) is 7.11 Å². The van der Waals surface area contributed by atoms with Crippen LogP contribution < -0.4 is 10.1 Å². The first-order chi connectivity index (χ1) is 10.6. The Hall–Kier alpha value is -1.88. The Morgan fingerprint density at radius 2 is 2.09 bits per heavy atom. The third-order valence-electron chi connectivity index (χ3n) is 5.75. The Balaban J connectivity index is 1.95. The smallest absolute Gasteiger partial charge is 0.199 e. The van der Waals surface area contributed by atoms with Gasteiger partial charge in [-0.1, -0.05) is 6.07 Å². The minimum absolute atomic E-state index is 0.0805. The highest BCUT2D eigenvalue weighted by molar-refractivity contribution is 6.38. The molecule has 0 aromatic heterocycles. The maximum absolute atomic E-state index is 12.1. The van der Waals surface area contributed by atoms with Crippen molar-refractivity contribution in [1.82, 2.24) is 5.32 Å². The van der Waals surface area contributed by atoms with Crippen LogP contribution in [0.25, 0.3) is 0 Å². The molecule has 22 heavy (non-hydrogen) atoms. The van der Waals surface area contributed by atoms with E-state index in [9.17, 15) is 14.7 Å². The van der Waals surface area contributed by atoms with Crippen molar-refractivity contribution in [2.75, 3.05) is 13.7 Å². The number of carbonyl (C=O) groups excluding carboxylic acids is 2. The normalized spacial score (nSPS) is 33.1. The van der Waals surface area contributed by atoms with Gasteiger partial charge >= 0.3 is 0 Å². The lowest BCUT2D eigenvalue weighted by Crippen LogP contribution is -2.62. The molecule has 3 aliphatic rings. The molecule has 3 atom stereocenters. The zero-order valence-corrected chi connectivity index (χ0v) is 12.5. The van der Waals surface area contributed by atoms with Crippen LogP contribution in [-0.4, -0.2) is 36.4 Å². The largest absolute Gasteiger partial charge is 0.504 e. The summed E-state index contributed by atoms with van der Waals surface area (Å²) in [5, 5.41) is 14.2. The second-order valence-corrected chi connectivity index (χ2v) is 6.66. The summed E-state index contributed by atoms with van der Waals surface area (Å²) in [4.78, 5) is 24.1. The van der Waals surface area contributed by atoms with Gasteiger partial charge in [0.15, 0.2) is 23.1 Å². The second-order valence-electron chi connectivity index (χ2n) is 6.66. The van der Waals surface area contributed by atoms with Crippen LogP contribution in [0.1, 0.15) is 30.4 Å². The zero-order valence-electron chi connectivity index (χ0n) is 12.5. The second kappa shape index (κ2) is 4.56. The molecule has 2 fully saturated rings. The molecule has 2 N–H and O–H groups in total. The average molecular weight is 301 g/mol. The van der Waals surface area contributed by atoms with Crippen molar-refractivity contribution in [2.45, 2.75) is 37.1 Å². The van der Waals surface area contributed by atoms with Crippen molar-refractivity contribution in [3.63, 3.8) is 0 Å². The molecule has 2 aliphatic carbocycles. The first kappa shape index (κ1) is 13.8. The number of hydrogen-bond acceptors (Lipinski definition) is 5. The van der Waals surface area contributed by atoms with E-state index in [4.69, 9.17) is 4.74 Å². The fourth-order valence-corrected chi connectivity index (χ4v) is 4.80. The highest BCUT2D eigenvalue weighted by atomic mass is 16.5. The molecular weight excluding hydrogens is 282 g/mol. The van der Waals surface area contributed by atoms with Gasteiger partial charge in [0.2, 0.25) is 0 Å². The molecular formula is C17H19NO4. The topological polar surface area (TPSA) is 75.6 Å². The van der Waals surface area contributed by atoms with E-state index in [1.54, 1.807) is 6.07 Å². The molecule has 116 valence electrons. The summed E-state index contributed by atoms with van der Waals surface area (Å²) in [7, 11) is 1.53. The number of phenols is 1. The molecule has 2 unspecified atom stereocenters. The van der Waals surface area contributed by atoms with E-state index >= 15 is 0 Å². The Kier molecular flexibility index (Phi) is 2.85. The summed E-state index contributed by atoms with van der Waals surface area (Å²) in [5.41, 5.74) is 1.48. The summed E-state index contributed by atoms with van der Waals surface area (Å²) in [6, 6.07) is 3.95. The van der Waals surface area contributed by atoms with E-state index in [0.717, 1.165) is 30.5 Å². The lowest BCUT2D eigenvalue weighted by atomic mass is 9.52. The Morgan fingerprint density at radius 3 is 2.86 bits per heavy atom. The summed E-state index contributed by atoms with van der Waals surface area (Å²) in [5.74, 6) is 0.102. The van der Waals surface area contributed by atoms with Crippen molar-refractivity contribution >= 4 is 11.6 Å². The Bertz CT molecular complexity index is 683. The van der Waals surface area contributed by atoms with Gasteiger partial charge in [0.25, 0.3) is 0 Å². The lowest BCUT2D eigenvalue weighted by molar-refractivity contribution is -0.143. The molecule has 4 rings (SSSR count). The molecule has 1 aromatic carbocycles. The molecule has 1 saturated carbocycles. The van der Waals surface area contributed by atoms with Crippen LogP contribution in [0.15, 0.2) is 12.1 Å². The van der Waals surface area contributed by atoms with Crippen LogP contribution in [0, 0.1) is 5.92 Å². The van der Waals surface area contributed by atoms with E-state index < -0.39 is 5.41 Å². The molecule has 0 amide bonds. The summed E-state index contributed by atoms with van der Waals surface area (Å²) in [6.45, 7) is 0.804. The quantitative estimate of drug-likeness (QED) is 0.760. The van der Waals surface area contributed by atoms with Crippen LogP contribution in [-0.2, 0) is 21.4 Å². The van der Waals surface area contributed by atoms with E-state index in [2.05, 4.69) is 5.32 Å². The molecule has 5 nitrogen and oxygen atoms in total. The van der Waals surface area contributed by atoms with Crippen LogP contribution in [0.4, 0.5) is 0 Å². The number of fused-ring (bicyclic) bond motifs is 1. The number of piperidine rings is 1. The number of aromatic hydroxyl groups is 1. The van der Waals surface area contributed by atoms with Crippen LogP contribution in [0.5, 0.6) is 11.5 Å². The highest BCUT2D eigenvalue weighted by Crippen LogP contribution is 2.56. The number of methoxy groups -OCH3 is 1. The number of hydrogen-bond donors (Lipinski definition) is 2. The first-order valence-corrected chi connectivity index (χ1v) is 7.75. The van der Waals surface area contributed by atoms with Gasteiger partial charge in [0, 0.05) is 29.9 Å². The number of nitrogens with one attached hydrogen (secondary N) is 1. The van der Waals surface area contributed by atoms with Gasteiger partial charge in [-0.2, -0.15) is 0 Å². The third-order valence-corrected chi connectivity index (χ3v) is 5.75. The number of Topliss-reactive ketones (excluding diaryl/α,β-unsaturated/α-hetero) is 2. The van der Waals surface area contributed by atoms with Crippen LogP contribution >= 0.6 is 0 Å². The van der Waals surface area contributed by atoms with Gasteiger partial charge in [0.05, 0.1) is 7.11 Å². The van der Waals surface area contributed by atoms with Crippen molar-refractivity contribution in [3.05, 3.63) is 23.3 Å². The highest BCUT2D eigenvalue weighted by Gasteiger charge is 2.56. The molecule has 1 aliphatic heterocycles. The van der Waals surface area contributed by atoms with Crippen LogP contribution in [0.3, 0.4) is 0 Å². The van der Waals surface area contributed by atoms with E-state index in [0.29, 0.717) is 5.75 Å². The number of rotatable bonds is 1. The zero-order chi connectivity index (χ0) is 15.5. The maximum Gasteiger partial charge on any atom is 0.199 e. The van der Waals surface area contributed by atoms with Gasteiger partial charge in [-0.3, -0.25) is 9.59 Å². The predicted molar refractivity (Wildman–Crippen MR) is 79.2 cm³/mol. The monoisotopic (exact) mass is 301 g/mol. The van der Waals surface area contributed by atoms with E-state index in [1.807, 2.05) is 6.07 Å².